The van der Waals surface area contributed by atoms with Gasteiger partial charge in [-0.05, 0) is 37.5 Å². The maximum absolute atomic E-state index is 6.49. The first-order valence-corrected chi connectivity index (χ1v) is 8.77. The Morgan fingerprint density at radius 1 is 1.40 bits per heavy atom. The highest BCUT2D eigenvalue weighted by atomic mass is 79.9. The lowest BCUT2D eigenvalue weighted by molar-refractivity contribution is 0.267. The van der Waals surface area contributed by atoms with Gasteiger partial charge in [0, 0.05) is 29.1 Å². The zero-order valence-electron chi connectivity index (χ0n) is 12.0. The van der Waals surface area contributed by atoms with E-state index >= 15 is 0 Å². The molecule has 2 fully saturated rings. The fraction of sp³-hybridized carbons (Fsp3) is 0.625. The second-order valence-corrected chi connectivity index (χ2v) is 7.48. The van der Waals surface area contributed by atoms with Gasteiger partial charge in [0.15, 0.2) is 0 Å². The van der Waals surface area contributed by atoms with Crippen LogP contribution in [-0.2, 0) is 0 Å². The van der Waals surface area contributed by atoms with Crippen molar-refractivity contribution >= 4 is 33.2 Å². The molecule has 1 atom stereocenters. The maximum atomic E-state index is 6.49. The molecule has 1 saturated heterocycles. The van der Waals surface area contributed by atoms with Gasteiger partial charge in [0.2, 0.25) is 0 Å². The predicted octanol–water partition coefficient (Wildman–Crippen LogP) is 4.60. The van der Waals surface area contributed by atoms with E-state index < -0.39 is 0 Å². The molecular weight excluding hydrogens is 336 g/mol. The average molecular weight is 358 g/mol. The monoisotopic (exact) mass is 356 g/mol. The van der Waals surface area contributed by atoms with E-state index in [-0.39, 0.29) is 0 Å². The number of benzene rings is 1. The summed E-state index contributed by atoms with van der Waals surface area (Å²) in [5.41, 5.74) is 1.51. The first kappa shape index (κ1) is 14.7. The third-order valence-electron chi connectivity index (χ3n) is 4.88. The SMILES string of the molecule is CCC1CNC2(CCCC2)CN1c1ccc(Br)cc1Cl. The molecule has 1 spiro atoms. The lowest BCUT2D eigenvalue weighted by Gasteiger charge is -2.47. The molecule has 20 heavy (non-hydrogen) atoms. The lowest BCUT2D eigenvalue weighted by atomic mass is 9.91. The number of halogens is 2. The van der Waals surface area contributed by atoms with Gasteiger partial charge < -0.3 is 10.2 Å². The number of rotatable bonds is 2. The molecule has 1 heterocycles. The summed E-state index contributed by atoms with van der Waals surface area (Å²) in [6.45, 7) is 4.43. The first-order chi connectivity index (χ1) is 9.63. The van der Waals surface area contributed by atoms with Gasteiger partial charge in [-0.3, -0.25) is 0 Å². The molecule has 4 heteroatoms. The molecule has 1 aromatic rings. The van der Waals surface area contributed by atoms with Gasteiger partial charge in [0.25, 0.3) is 0 Å². The van der Waals surface area contributed by atoms with Gasteiger partial charge in [-0.15, -0.1) is 0 Å². The lowest BCUT2D eigenvalue weighted by Crippen LogP contribution is -2.63. The number of anilines is 1. The molecule has 1 aliphatic heterocycles. The van der Waals surface area contributed by atoms with Gasteiger partial charge >= 0.3 is 0 Å². The first-order valence-electron chi connectivity index (χ1n) is 7.60. The minimum atomic E-state index is 0.322. The Morgan fingerprint density at radius 3 is 2.80 bits per heavy atom. The van der Waals surface area contributed by atoms with E-state index in [2.05, 4.69) is 45.2 Å². The molecule has 3 rings (SSSR count). The van der Waals surface area contributed by atoms with Gasteiger partial charge in [-0.25, -0.2) is 0 Å². The van der Waals surface area contributed by atoms with Crippen LogP contribution >= 0.6 is 27.5 Å². The summed E-state index contributed by atoms with van der Waals surface area (Å²) in [4.78, 5) is 2.54. The predicted molar refractivity (Wildman–Crippen MR) is 89.8 cm³/mol. The normalized spacial score (nSPS) is 25.4. The Balaban J connectivity index is 1.90. The summed E-state index contributed by atoms with van der Waals surface area (Å²) in [6, 6.07) is 6.80. The highest BCUT2D eigenvalue weighted by Gasteiger charge is 2.41. The zero-order chi connectivity index (χ0) is 14.2. The van der Waals surface area contributed by atoms with Crippen LogP contribution in [0.4, 0.5) is 5.69 Å². The van der Waals surface area contributed by atoms with Crippen LogP contribution in [0.2, 0.25) is 5.02 Å². The Bertz CT molecular complexity index is 485. The molecule has 0 radical (unpaired) electrons. The minimum absolute atomic E-state index is 0.322. The van der Waals surface area contributed by atoms with Crippen LogP contribution in [0.1, 0.15) is 39.0 Å². The van der Waals surface area contributed by atoms with Crippen molar-refractivity contribution in [2.24, 2.45) is 0 Å². The Kier molecular flexibility index (Phi) is 4.30. The average Bonchev–Trinajstić information content (AvgIpc) is 2.87. The van der Waals surface area contributed by atoms with Gasteiger partial charge in [0.05, 0.1) is 10.7 Å². The summed E-state index contributed by atoms with van der Waals surface area (Å²) in [5, 5.41) is 4.69. The van der Waals surface area contributed by atoms with Crippen molar-refractivity contribution in [3.63, 3.8) is 0 Å². The molecule has 110 valence electrons. The van der Waals surface area contributed by atoms with Crippen LogP contribution in [0.15, 0.2) is 22.7 Å². The Morgan fingerprint density at radius 2 is 2.15 bits per heavy atom. The molecule has 2 nitrogen and oxygen atoms in total. The van der Waals surface area contributed by atoms with Gasteiger partial charge in [-0.1, -0.05) is 47.3 Å². The number of hydrogen-bond acceptors (Lipinski definition) is 2. The molecule has 1 aromatic carbocycles. The van der Waals surface area contributed by atoms with E-state index in [0.717, 1.165) is 29.0 Å². The topological polar surface area (TPSA) is 15.3 Å². The molecule has 1 saturated carbocycles. The molecule has 0 aromatic heterocycles. The van der Waals surface area contributed by atoms with Gasteiger partial charge in [0.1, 0.15) is 0 Å². The standard InChI is InChI=1S/C16H22BrClN2/c1-2-13-10-19-16(7-3-4-8-16)11-20(13)15-6-5-12(17)9-14(15)18/h5-6,9,13,19H,2-4,7-8,10-11H2,1H3. The van der Waals surface area contributed by atoms with E-state index in [0.29, 0.717) is 11.6 Å². The van der Waals surface area contributed by atoms with Crippen molar-refractivity contribution in [1.29, 1.82) is 0 Å². The summed E-state index contributed by atoms with van der Waals surface area (Å²) < 4.78 is 1.05. The minimum Gasteiger partial charge on any atom is -0.364 e. The molecule has 0 amide bonds. The summed E-state index contributed by atoms with van der Waals surface area (Å²) in [7, 11) is 0. The van der Waals surface area contributed by atoms with E-state index in [1.54, 1.807) is 0 Å². The molecule has 2 aliphatic rings. The number of nitrogens with one attached hydrogen (secondary N) is 1. The van der Waals surface area contributed by atoms with Crippen molar-refractivity contribution in [2.45, 2.75) is 50.6 Å². The molecule has 1 aliphatic carbocycles. The number of hydrogen-bond donors (Lipinski definition) is 1. The molecule has 1 unspecified atom stereocenters. The summed E-state index contributed by atoms with van der Waals surface area (Å²) in [5.74, 6) is 0. The number of piperazine rings is 1. The smallest absolute Gasteiger partial charge is 0.0650 e. The highest BCUT2D eigenvalue weighted by molar-refractivity contribution is 9.10. The van der Waals surface area contributed by atoms with Crippen molar-refractivity contribution in [3.05, 3.63) is 27.7 Å². The van der Waals surface area contributed by atoms with Crippen LogP contribution in [-0.4, -0.2) is 24.7 Å². The van der Waals surface area contributed by atoms with Crippen LogP contribution in [0.5, 0.6) is 0 Å². The van der Waals surface area contributed by atoms with Crippen LogP contribution in [0.3, 0.4) is 0 Å². The van der Waals surface area contributed by atoms with Gasteiger partial charge in [-0.2, -0.15) is 0 Å². The van der Waals surface area contributed by atoms with E-state index in [9.17, 15) is 0 Å². The number of nitrogens with zero attached hydrogens (tertiary/aromatic N) is 1. The Labute approximate surface area is 135 Å². The summed E-state index contributed by atoms with van der Waals surface area (Å²) >= 11 is 9.99. The molecule has 0 bridgehead atoms. The van der Waals surface area contributed by atoms with E-state index in [1.807, 2.05) is 6.07 Å². The van der Waals surface area contributed by atoms with Crippen LogP contribution in [0, 0.1) is 0 Å². The van der Waals surface area contributed by atoms with E-state index in [1.165, 1.54) is 31.4 Å². The zero-order valence-corrected chi connectivity index (χ0v) is 14.3. The molecular formula is C16H22BrClN2. The maximum Gasteiger partial charge on any atom is 0.0650 e. The quantitative estimate of drug-likeness (QED) is 0.832. The van der Waals surface area contributed by atoms with Crippen molar-refractivity contribution in [3.8, 4) is 0 Å². The third kappa shape index (κ3) is 2.72. The fourth-order valence-electron chi connectivity index (χ4n) is 3.70. The van der Waals surface area contributed by atoms with Crippen molar-refractivity contribution in [1.82, 2.24) is 5.32 Å². The summed E-state index contributed by atoms with van der Waals surface area (Å²) in [6.07, 6.45) is 6.45. The fourth-order valence-corrected chi connectivity index (χ4v) is 4.49. The largest absolute Gasteiger partial charge is 0.364 e. The van der Waals surface area contributed by atoms with E-state index in [4.69, 9.17) is 11.6 Å². The van der Waals surface area contributed by atoms with Crippen molar-refractivity contribution in [2.75, 3.05) is 18.0 Å². The third-order valence-corrected chi connectivity index (χ3v) is 5.67. The second-order valence-electron chi connectivity index (χ2n) is 6.15. The highest BCUT2D eigenvalue weighted by Crippen LogP contribution is 2.38. The van der Waals surface area contributed by atoms with Crippen LogP contribution < -0.4 is 10.2 Å². The van der Waals surface area contributed by atoms with Crippen molar-refractivity contribution < 1.29 is 0 Å². The second kappa shape index (κ2) is 5.86. The van der Waals surface area contributed by atoms with Crippen LogP contribution in [0.25, 0.3) is 0 Å². The Hall–Kier alpha value is -0.250. The molecule has 1 N–H and O–H groups in total.